The van der Waals surface area contributed by atoms with Gasteiger partial charge in [0.1, 0.15) is 11.6 Å². The van der Waals surface area contributed by atoms with E-state index in [0.717, 1.165) is 0 Å². The molecule has 0 bridgehead atoms. The normalized spacial score (nSPS) is 20.4. The minimum Gasteiger partial charge on any atom is -0.444 e. The first kappa shape index (κ1) is 32.3. The Morgan fingerprint density at radius 1 is 1.10 bits per heavy atom. The van der Waals surface area contributed by atoms with Gasteiger partial charge in [0.25, 0.3) is 0 Å². The Labute approximate surface area is 239 Å². The Hall–Kier alpha value is -2.25. The minimum absolute atomic E-state index is 0.0731. The second kappa shape index (κ2) is 11.9. The van der Waals surface area contributed by atoms with E-state index >= 15 is 0 Å². The molecule has 1 atom stereocenters. The number of likely N-dealkylation sites (tertiary alicyclic amines) is 1. The molecule has 1 unspecified atom stereocenters. The second-order valence-corrected chi connectivity index (χ2v) is 15.1. The third-order valence-corrected chi connectivity index (χ3v) is 9.32. The summed E-state index contributed by atoms with van der Waals surface area (Å²) in [5.41, 5.74) is -1.14. The summed E-state index contributed by atoms with van der Waals surface area (Å²) in [6.45, 7) is 17.8. The lowest BCUT2D eigenvalue weighted by Crippen LogP contribution is -2.53. The van der Waals surface area contributed by atoms with Crippen LogP contribution in [0.15, 0.2) is 17.6 Å². The van der Waals surface area contributed by atoms with Crippen LogP contribution in [0.3, 0.4) is 0 Å². The molecule has 40 heavy (non-hydrogen) atoms. The molecule has 0 aromatic carbocycles. The number of hydrogen-bond donors (Lipinski definition) is 1. The van der Waals surface area contributed by atoms with Crippen molar-refractivity contribution >= 4 is 34.4 Å². The van der Waals surface area contributed by atoms with E-state index in [1.807, 2.05) is 41.5 Å². The fraction of sp³-hybridized carbons (Fsp3) is 0.778. The van der Waals surface area contributed by atoms with Crippen LogP contribution in [0.5, 0.6) is 0 Å². The number of carbonyl (C=O) groups excluding carboxylic acids is 2. The van der Waals surface area contributed by atoms with Gasteiger partial charge in [0.2, 0.25) is 20.9 Å². The lowest BCUT2D eigenvalue weighted by molar-refractivity contribution is -0.136. The molecule has 0 spiro atoms. The summed E-state index contributed by atoms with van der Waals surface area (Å²) in [4.78, 5) is 35.4. The first-order valence-corrected chi connectivity index (χ1v) is 15.7. The highest BCUT2D eigenvalue weighted by atomic mass is 32.2. The predicted octanol–water partition coefficient (Wildman–Crippen LogP) is 2.73. The van der Waals surface area contributed by atoms with Crippen LogP contribution in [0.1, 0.15) is 81.6 Å². The number of nitrogens with one attached hydrogen (secondary N) is 1. The zero-order valence-corrected chi connectivity index (χ0v) is 26.1. The van der Waals surface area contributed by atoms with Crippen molar-refractivity contribution in [2.45, 2.75) is 110 Å². The largest absolute Gasteiger partial charge is 0.498 e. The molecule has 2 aliphatic rings. The van der Waals surface area contributed by atoms with E-state index in [1.165, 1.54) is 12.4 Å². The van der Waals surface area contributed by atoms with Crippen molar-refractivity contribution in [3.05, 3.63) is 12.4 Å². The van der Waals surface area contributed by atoms with Gasteiger partial charge < -0.3 is 24.3 Å². The first-order valence-electron chi connectivity index (χ1n) is 14.0. The lowest BCUT2D eigenvalue weighted by Gasteiger charge is -2.35. The Balaban J connectivity index is 1.51. The molecule has 1 aromatic rings. The number of rotatable bonds is 8. The molecule has 2 fully saturated rings. The SMILES string of the molecule is CC(C)C(NC(=O)OC(C)(C)C)C(=O)N1CCC(CCS(=O)(=O)c2ncc(B3OC(C)(C)C(C)(C)O3)cn2)CC1. The Bertz CT molecular complexity index is 1140. The fourth-order valence-corrected chi connectivity index (χ4v) is 5.84. The van der Waals surface area contributed by atoms with Crippen molar-refractivity contribution in [2.75, 3.05) is 18.8 Å². The number of carbonyl (C=O) groups is 2. The third-order valence-electron chi connectivity index (χ3n) is 7.78. The van der Waals surface area contributed by atoms with E-state index in [-0.39, 0.29) is 28.7 Å². The number of alkyl carbamates (subject to hydrolysis) is 1. The summed E-state index contributed by atoms with van der Waals surface area (Å²) in [5.74, 6) is -0.184. The Morgan fingerprint density at radius 2 is 1.62 bits per heavy atom. The van der Waals surface area contributed by atoms with Gasteiger partial charge in [-0.3, -0.25) is 4.79 Å². The number of hydrogen-bond acceptors (Lipinski definition) is 9. The molecule has 0 radical (unpaired) electrons. The highest BCUT2D eigenvalue weighted by molar-refractivity contribution is 7.91. The van der Waals surface area contributed by atoms with Crippen molar-refractivity contribution in [3.63, 3.8) is 0 Å². The zero-order chi connectivity index (χ0) is 30.1. The summed E-state index contributed by atoms with van der Waals surface area (Å²) < 4.78 is 43.2. The van der Waals surface area contributed by atoms with E-state index in [2.05, 4.69) is 15.3 Å². The topological polar surface area (TPSA) is 137 Å². The number of ether oxygens (including phenoxy) is 1. The molecule has 13 heteroatoms. The van der Waals surface area contributed by atoms with Gasteiger partial charge in [-0.25, -0.2) is 23.2 Å². The average molecular weight is 581 g/mol. The number of nitrogens with zero attached hydrogens (tertiary/aromatic N) is 3. The van der Waals surface area contributed by atoms with E-state index in [1.54, 1.807) is 25.7 Å². The summed E-state index contributed by atoms with van der Waals surface area (Å²) in [6, 6.07) is -0.691. The Kier molecular flexibility index (Phi) is 9.63. The van der Waals surface area contributed by atoms with Crippen LogP contribution in [0, 0.1) is 11.8 Å². The van der Waals surface area contributed by atoms with Gasteiger partial charge in [0.15, 0.2) is 0 Å². The Morgan fingerprint density at radius 3 is 2.10 bits per heavy atom. The first-order chi connectivity index (χ1) is 18.3. The quantitative estimate of drug-likeness (QED) is 0.364. The highest BCUT2D eigenvalue weighted by Crippen LogP contribution is 2.36. The summed E-state index contributed by atoms with van der Waals surface area (Å²) in [6.07, 6.45) is 4.09. The van der Waals surface area contributed by atoms with E-state index in [0.29, 0.717) is 37.8 Å². The molecule has 2 aliphatic heterocycles. The van der Waals surface area contributed by atoms with Crippen molar-refractivity contribution in [1.29, 1.82) is 0 Å². The number of piperidine rings is 1. The lowest BCUT2D eigenvalue weighted by atomic mass is 9.81. The summed E-state index contributed by atoms with van der Waals surface area (Å²) >= 11 is 0. The number of aromatic nitrogens is 2. The molecule has 1 aromatic heterocycles. The summed E-state index contributed by atoms with van der Waals surface area (Å²) in [7, 11) is -4.34. The minimum atomic E-state index is -3.67. The molecule has 3 heterocycles. The number of sulfone groups is 1. The van der Waals surface area contributed by atoms with Crippen LogP contribution in [-0.2, 0) is 28.7 Å². The maximum atomic E-state index is 13.2. The zero-order valence-electron chi connectivity index (χ0n) is 25.3. The van der Waals surface area contributed by atoms with Crippen LogP contribution in [0.4, 0.5) is 4.79 Å². The maximum Gasteiger partial charge on any atom is 0.498 e. The molecule has 0 aliphatic carbocycles. The smallest absolute Gasteiger partial charge is 0.444 e. The molecule has 1 N–H and O–H groups in total. The monoisotopic (exact) mass is 580 g/mol. The van der Waals surface area contributed by atoms with Crippen LogP contribution in [0.2, 0.25) is 0 Å². The van der Waals surface area contributed by atoms with Gasteiger partial charge in [-0.05, 0) is 79.6 Å². The molecular weight excluding hydrogens is 535 g/mol. The standard InChI is InChI=1S/C27H45BN4O7S/c1-18(2)21(31-24(34)37-25(3,4)5)22(33)32-13-10-19(11-14-32)12-15-40(35,36)23-29-16-20(17-30-23)28-38-26(6,7)27(8,9)39-28/h16-19,21H,10-15H2,1-9H3,(H,31,34). The van der Waals surface area contributed by atoms with Crippen molar-refractivity contribution in [2.24, 2.45) is 11.8 Å². The van der Waals surface area contributed by atoms with Gasteiger partial charge >= 0.3 is 13.2 Å². The van der Waals surface area contributed by atoms with Gasteiger partial charge in [0.05, 0.1) is 17.0 Å². The number of amides is 2. The van der Waals surface area contributed by atoms with E-state index < -0.39 is 45.9 Å². The highest BCUT2D eigenvalue weighted by Gasteiger charge is 2.52. The predicted molar refractivity (Wildman–Crippen MR) is 152 cm³/mol. The average Bonchev–Trinajstić information content (AvgIpc) is 3.06. The van der Waals surface area contributed by atoms with Crippen LogP contribution in [0.25, 0.3) is 0 Å². The van der Waals surface area contributed by atoms with E-state index in [4.69, 9.17) is 14.0 Å². The van der Waals surface area contributed by atoms with Gasteiger partial charge in [0, 0.05) is 30.9 Å². The molecule has 3 rings (SSSR count). The molecule has 11 nitrogen and oxygen atoms in total. The molecule has 2 amide bonds. The van der Waals surface area contributed by atoms with E-state index in [9.17, 15) is 18.0 Å². The van der Waals surface area contributed by atoms with Gasteiger partial charge in [-0.15, -0.1) is 0 Å². The fourth-order valence-electron chi connectivity index (χ4n) is 4.59. The van der Waals surface area contributed by atoms with Crippen LogP contribution in [-0.4, -0.2) is 84.1 Å². The van der Waals surface area contributed by atoms with Crippen molar-refractivity contribution < 1.29 is 32.1 Å². The molecular formula is C27H45BN4O7S. The molecule has 224 valence electrons. The summed E-state index contributed by atoms with van der Waals surface area (Å²) in [5, 5.41) is 2.50. The van der Waals surface area contributed by atoms with Crippen LogP contribution < -0.4 is 10.8 Å². The maximum absolute atomic E-state index is 13.2. The second-order valence-electron chi connectivity index (χ2n) is 13.1. The van der Waals surface area contributed by atoms with Gasteiger partial charge in [-0.2, -0.15) is 0 Å². The van der Waals surface area contributed by atoms with Gasteiger partial charge in [-0.1, -0.05) is 13.8 Å². The third kappa shape index (κ3) is 7.94. The van der Waals surface area contributed by atoms with Crippen molar-refractivity contribution in [3.8, 4) is 0 Å². The van der Waals surface area contributed by atoms with Crippen LogP contribution >= 0.6 is 0 Å². The molecule has 0 saturated carbocycles. The van der Waals surface area contributed by atoms with Crippen molar-refractivity contribution in [1.82, 2.24) is 20.2 Å². The molecule has 2 saturated heterocycles.